The Morgan fingerprint density at radius 2 is 0.800 bits per heavy atom. The van der Waals surface area contributed by atoms with Crippen molar-refractivity contribution in [3.63, 3.8) is 0 Å². The number of hydrogen-bond donors (Lipinski definition) is 0. The number of aliphatic imine (C=N–C) groups is 2. The first-order valence-electron chi connectivity index (χ1n) is 14.2. The van der Waals surface area contributed by atoms with E-state index in [2.05, 4.69) is 84.9 Å². The van der Waals surface area contributed by atoms with Crippen LogP contribution < -0.4 is 24.8 Å². The van der Waals surface area contributed by atoms with E-state index in [9.17, 15) is 0 Å². The van der Waals surface area contributed by atoms with Crippen molar-refractivity contribution in [1.82, 2.24) is 4.98 Å². The molecule has 0 aliphatic carbocycles. The number of nitrogens with zero attached hydrogens (tertiary/aromatic N) is 3. The first-order valence-corrected chi connectivity index (χ1v) is 14.2. The topological polar surface area (TPSA) is 37.6 Å². The van der Waals surface area contributed by atoms with Crippen LogP contribution in [0.1, 0.15) is 104 Å². The first-order chi connectivity index (χ1) is 17.9. The Balaban J connectivity index is 0.00000507. The van der Waals surface area contributed by atoms with E-state index < -0.39 is 0 Å². The monoisotopic (exact) mass is 621 g/mol. The molecule has 0 spiro atoms. The summed E-state index contributed by atoms with van der Waals surface area (Å²) in [7, 11) is 0. The van der Waals surface area contributed by atoms with Crippen molar-refractivity contribution in [2.24, 2.45) is 9.98 Å². The molecule has 1 heterocycles. The molecule has 218 valence electrons. The van der Waals surface area contributed by atoms with Gasteiger partial charge in [0.05, 0.1) is 35.2 Å². The van der Waals surface area contributed by atoms with Gasteiger partial charge in [-0.15, -0.1) is 0 Å². The van der Waals surface area contributed by atoms with Crippen molar-refractivity contribution in [3.05, 3.63) is 86.7 Å². The van der Waals surface area contributed by atoms with Gasteiger partial charge in [-0.2, -0.15) is 0 Å². The summed E-state index contributed by atoms with van der Waals surface area (Å²) in [6, 6.07) is 13.4. The second-order valence-electron chi connectivity index (χ2n) is 10.4. The smallest absolute Gasteiger partial charge is 1.00 e. The Morgan fingerprint density at radius 1 is 0.525 bits per heavy atom. The Kier molecular flexibility index (Phi) is 18.3. The number of pyridine rings is 1. The molecule has 0 radical (unpaired) electrons. The quantitative estimate of drug-likeness (QED) is 0.226. The standard InChI is InChI=1S/C34H45N3.2ClH.Fe/c1-8-12-27-16-24(5)17-28(13-9-2)33(27)35-22-31-20-26(7)21-32(37-31)23-36-34-29(14-10-3)18-25(6)19-30(34)15-11-4;;;/h16-23H,8-15H2,1-7H3;2*1H;/q;;;+2/p-2. The molecule has 0 aliphatic heterocycles. The molecule has 3 aromatic rings. The van der Waals surface area contributed by atoms with Gasteiger partial charge in [0.15, 0.2) is 0 Å². The normalized spacial score (nSPS) is 10.9. The van der Waals surface area contributed by atoms with Crippen molar-refractivity contribution in [2.45, 2.75) is 99.8 Å². The molecule has 3 nitrogen and oxygen atoms in total. The maximum Gasteiger partial charge on any atom is 2.00 e. The van der Waals surface area contributed by atoms with Crippen molar-refractivity contribution in [2.75, 3.05) is 0 Å². The maximum absolute atomic E-state index is 5.01. The van der Waals surface area contributed by atoms with Crippen LogP contribution in [0.5, 0.6) is 0 Å². The molecule has 6 heteroatoms. The molecular formula is C34H45Cl2FeN3. The van der Waals surface area contributed by atoms with Crippen molar-refractivity contribution in [3.8, 4) is 0 Å². The molecule has 0 fully saturated rings. The SMILES string of the molecule is CCCc1cc(C)cc(CCC)c1N=Cc1cc(C)cc(C=Nc2c(CCC)cc(C)cc2CCC)n1.[Cl-].[Cl-].[Fe+2]. The van der Waals surface area contributed by atoms with Crippen LogP contribution in [0.25, 0.3) is 0 Å². The molecule has 0 atom stereocenters. The van der Waals surface area contributed by atoms with Crippen LogP contribution in [0, 0.1) is 20.8 Å². The third-order valence-electron chi connectivity index (χ3n) is 6.56. The zero-order chi connectivity index (χ0) is 26.8. The molecule has 0 unspecified atom stereocenters. The van der Waals surface area contributed by atoms with Crippen LogP contribution in [-0.4, -0.2) is 17.4 Å². The molecule has 3 rings (SSSR count). The molecule has 0 amide bonds. The third-order valence-corrected chi connectivity index (χ3v) is 6.56. The van der Waals surface area contributed by atoms with Gasteiger partial charge in [-0.05, 0) is 86.4 Å². The molecule has 0 N–H and O–H groups in total. The summed E-state index contributed by atoms with van der Waals surface area (Å²) in [5.41, 5.74) is 13.1. The van der Waals surface area contributed by atoms with E-state index in [-0.39, 0.29) is 41.9 Å². The predicted octanol–water partition coefficient (Wildman–Crippen LogP) is 3.32. The summed E-state index contributed by atoms with van der Waals surface area (Å²) in [6.45, 7) is 15.4. The van der Waals surface area contributed by atoms with Gasteiger partial charge in [-0.1, -0.05) is 88.8 Å². The van der Waals surface area contributed by atoms with Gasteiger partial charge in [0.25, 0.3) is 0 Å². The molecule has 0 saturated heterocycles. The fraction of sp³-hybridized carbons (Fsp3) is 0.441. The van der Waals surface area contributed by atoms with Crippen molar-refractivity contribution < 1.29 is 41.9 Å². The minimum absolute atomic E-state index is 0. The maximum atomic E-state index is 5.01. The minimum Gasteiger partial charge on any atom is -1.00 e. The summed E-state index contributed by atoms with van der Waals surface area (Å²) < 4.78 is 0. The average molecular weight is 623 g/mol. The number of aromatic nitrogens is 1. The second kappa shape index (κ2) is 19.2. The summed E-state index contributed by atoms with van der Waals surface area (Å²) in [5.74, 6) is 0. The number of hydrogen-bond acceptors (Lipinski definition) is 3. The Labute approximate surface area is 266 Å². The van der Waals surface area contributed by atoms with Gasteiger partial charge in [-0.25, -0.2) is 4.98 Å². The van der Waals surface area contributed by atoms with Crippen molar-refractivity contribution in [1.29, 1.82) is 0 Å². The average Bonchev–Trinajstić information content (AvgIpc) is 2.83. The fourth-order valence-corrected chi connectivity index (χ4v) is 5.16. The summed E-state index contributed by atoms with van der Waals surface area (Å²) in [5, 5.41) is 0. The third kappa shape index (κ3) is 10.8. The second-order valence-corrected chi connectivity index (χ2v) is 10.4. The molecule has 1 aromatic heterocycles. The minimum atomic E-state index is 0. The molecular weight excluding hydrogens is 577 g/mol. The molecule has 0 saturated carbocycles. The van der Waals surface area contributed by atoms with Crippen LogP contribution >= 0.6 is 0 Å². The van der Waals surface area contributed by atoms with Gasteiger partial charge >= 0.3 is 17.1 Å². The zero-order valence-corrected chi connectivity index (χ0v) is 27.8. The van der Waals surface area contributed by atoms with E-state index in [4.69, 9.17) is 15.0 Å². The van der Waals surface area contributed by atoms with Gasteiger partial charge in [0, 0.05) is 0 Å². The van der Waals surface area contributed by atoms with Crippen molar-refractivity contribution >= 4 is 23.8 Å². The van der Waals surface area contributed by atoms with Crippen LogP contribution in [0.3, 0.4) is 0 Å². The van der Waals surface area contributed by atoms with E-state index in [1.54, 1.807) is 0 Å². The molecule has 0 bridgehead atoms. The van der Waals surface area contributed by atoms with E-state index in [1.807, 2.05) is 12.4 Å². The Morgan fingerprint density at radius 3 is 1.07 bits per heavy atom. The molecule has 40 heavy (non-hydrogen) atoms. The van der Waals surface area contributed by atoms with Gasteiger partial charge in [0.2, 0.25) is 0 Å². The number of aryl methyl sites for hydroxylation is 7. The number of benzene rings is 2. The van der Waals surface area contributed by atoms with E-state index >= 15 is 0 Å². The molecule has 2 aromatic carbocycles. The van der Waals surface area contributed by atoms with Crippen LogP contribution in [0.2, 0.25) is 0 Å². The number of rotatable bonds is 12. The molecule has 0 aliphatic rings. The van der Waals surface area contributed by atoms with E-state index in [0.717, 1.165) is 79.7 Å². The van der Waals surface area contributed by atoms with Gasteiger partial charge in [-0.3, -0.25) is 9.98 Å². The Bertz CT molecular complexity index is 1120. The fourth-order valence-electron chi connectivity index (χ4n) is 5.16. The van der Waals surface area contributed by atoms with Gasteiger partial charge < -0.3 is 24.8 Å². The van der Waals surface area contributed by atoms with Crippen LogP contribution in [0.4, 0.5) is 11.4 Å². The van der Waals surface area contributed by atoms with E-state index in [1.165, 1.54) is 33.4 Å². The predicted molar refractivity (Wildman–Crippen MR) is 162 cm³/mol. The largest absolute Gasteiger partial charge is 2.00 e. The summed E-state index contributed by atoms with van der Waals surface area (Å²) in [6.07, 6.45) is 12.5. The summed E-state index contributed by atoms with van der Waals surface area (Å²) >= 11 is 0. The number of halogens is 2. The van der Waals surface area contributed by atoms with Crippen LogP contribution in [-0.2, 0) is 42.8 Å². The van der Waals surface area contributed by atoms with Gasteiger partial charge in [0.1, 0.15) is 0 Å². The van der Waals surface area contributed by atoms with Crippen LogP contribution in [0.15, 0.2) is 46.4 Å². The summed E-state index contributed by atoms with van der Waals surface area (Å²) in [4.78, 5) is 14.9. The first kappa shape index (κ1) is 38.0. The zero-order valence-electron chi connectivity index (χ0n) is 25.2. The Hall–Kier alpha value is -1.97. The van der Waals surface area contributed by atoms with E-state index in [0.29, 0.717) is 0 Å².